The monoisotopic (exact) mass is 328 g/mol. The number of benzene rings is 1. The van der Waals surface area contributed by atoms with Gasteiger partial charge >= 0.3 is 0 Å². The molecule has 5 nitrogen and oxygen atoms in total. The molecule has 0 radical (unpaired) electrons. The fraction of sp³-hybridized carbons (Fsp3) is 0.235. The van der Waals surface area contributed by atoms with Gasteiger partial charge in [-0.3, -0.25) is 4.79 Å². The van der Waals surface area contributed by atoms with Crippen molar-refractivity contribution in [1.29, 1.82) is 0 Å². The number of nitrogens with one attached hydrogen (secondary N) is 1. The predicted molar refractivity (Wildman–Crippen MR) is 89.8 cm³/mol. The van der Waals surface area contributed by atoms with Crippen LogP contribution in [0.15, 0.2) is 36.5 Å². The van der Waals surface area contributed by atoms with E-state index in [-0.39, 0.29) is 11.9 Å². The quantitative estimate of drug-likeness (QED) is 0.800. The molecular formula is C17H17ClN4O. The molecule has 0 spiro atoms. The van der Waals surface area contributed by atoms with E-state index in [9.17, 15) is 4.79 Å². The number of carbonyl (C=O) groups excluding carboxylic acids is 1. The number of aromatic nitrogens is 3. The van der Waals surface area contributed by atoms with Gasteiger partial charge in [0.15, 0.2) is 5.65 Å². The maximum absolute atomic E-state index is 12.6. The van der Waals surface area contributed by atoms with E-state index < -0.39 is 0 Å². The lowest BCUT2D eigenvalue weighted by molar-refractivity contribution is 0.0941. The highest BCUT2D eigenvalue weighted by Crippen LogP contribution is 2.19. The van der Waals surface area contributed by atoms with Gasteiger partial charge < -0.3 is 5.32 Å². The molecule has 2 heterocycles. The summed E-state index contributed by atoms with van der Waals surface area (Å²) in [6.45, 7) is 5.75. The van der Waals surface area contributed by atoms with E-state index in [0.29, 0.717) is 16.2 Å². The highest BCUT2D eigenvalue weighted by Gasteiger charge is 2.18. The first-order valence-electron chi connectivity index (χ1n) is 7.34. The second kappa shape index (κ2) is 6.01. The number of amides is 1. The van der Waals surface area contributed by atoms with Crippen LogP contribution in [0.5, 0.6) is 0 Å². The largest absolute Gasteiger partial charge is 0.345 e. The highest BCUT2D eigenvalue weighted by molar-refractivity contribution is 6.30. The van der Waals surface area contributed by atoms with Gasteiger partial charge in [-0.25, -0.2) is 9.50 Å². The standard InChI is InChI=1S/C17H17ClN4O/c1-10-7-11(2)22-16(20-10)15(9-19-22)17(23)21-12(3)13-5-4-6-14(18)8-13/h4-9,12H,1-3H3,(H,21,23)/t12-/m0/s1. The molecule has 118 valence electrons. The lowest BCUT2D eigenvalue weighted by Gasteiger charge is -2.14. The van der Waals surface area contributed by atoms with Crippen molar-refractivity contribution in [3.05, 3.63) is 64.1 Å². The summed E-state index contributed by atoms with van der Waals surface area (Å²) < 4.78 is 1.67. The number of fused-ring (bicyclic) bond motifs is 1. The SMILES string of the molecule is Cc1cc(C)n2ncc(C(=O)N[C@@H](C)c3cccc(Cl)c3)c2n1. The zero-order valence-corrected chi connectivity index (χ0v) is 13.9. The maximum atomic E-state index is 12.6. The molecule has 0 unspecified atom stereocenters. The van der Waals surface area contributed by atoms with Crippen LogP contribution in [0.4, 0.5) is 0 Å². The Labute approximate surface area is 139 Å². The van der Waals surface area contributed by atoms with Gasteiger partial charge in [0.25, 0.3) is 5.91 Å². The molecule has 6 heteroatoms. The number of nitrogens with zero attached hydrogens (tertiary/aromatic N) is 3. The molecule has 1 amide bonds. The summed E-state index contributed by atoms with van der Waals surface area (Å²) in [6.07, 6.45) is 1.55. The minimum Gasteiger partial charge on any atom is -0.345 e. The van der Waals surface area contributed by atoms with Crippen LogP contribution in [0.25, 0.3) is 5.65 Å². The van der Waals surface area contributed by atoms with Gasteiger partial charge in [0.1, 0.15) is 5.56 Å². The number of hydrogen-bond acceptors (Lipinski definition) is 3. The van der Waals surface area contributed by atoms with Crippen molar-refractivity contribution in [1.82, 2.24) is 19.9 Å². The normalized spacial score (nSPS) is 12.3. The Bertz CT molecular complexity index is 887. The molecule has 1 N–H and O–H groups in total. The van der Waals surface area contributed by atoms with Crippen molar-refractivity contribution < 1.29 is 4.79 Å². The van der Waals surface area contributed by atoms with Crippen molar-refractivity contribution in [2.45, 2.75) is 26.8 Å². The highest BCUT2D eigenvalue weighted by atomic mass is 35.5. The van der Waals surface area contributed by atoms with Gasteiger partial charge in [0, 0.05) is 16.4 Å². The molecule has 2 aromatic heterocycles. The number of hydrogen-bond donors (Lipinski definition) is 1. The first kappa shape index (κ1) is 15.5. The van der Waals surface area contributed by atoms with E-state index in [1.165, 1.54) is 0 Å². The third-order valence-electron chi connectivity index (χ3n) is 3.72. The Morgan fingerprint density at radius 2 is 2.09 bits per heavy atom. The lowest BCUT2D eigenvalue weighted by Crippen LogP contribution is -2.26. The van der Waals surface area contributed by atoms with Gasteiger partial charge in [0.05, 0.1) is 12.2 Å². The molecule has 0 fully saturated rings. The molecule has 0 aliphatic rings. The third kappa shape index (κ3) is 3.05. The summed E-state index contributed by atoms with van der Waals surface area (Å²) in [5, 5.41) is 7.86. The molecular weight excluding hydrogens is 312 g/mol. The maximum Gasteiger partial charge on any atom is 0.257 e. The van der Waals surface area contributed by atoms with Crippen LogP contribution in [-0.4, -0.2) is 20.5 Å². The number of aryl methyl sites for hydroxylation is 2. The fourth-order valence-electron chi connectivity index (χ4n) is 2.56. The molecule has 3 aromatic rings. The molecule has 1 aromatic carbocycles. The van der Waals surface area contributed by atoms with Gasteiger partial charge in [-0.2, -0.15) is 5.10 Å². The average molecular weight is 329 g/mol. The predicted octanol–water partition coefficient (Wildman–Crippen LogP) is 3.49. The fourth-order valence-corrected chi connectivity index (χ4v) is 2.76. The van der Waals surface area contributed by atoms with Crippen LogP contribution in [0.2, 0.25) is 5.02 Å². The van der Waals surface area contributed by atoms with E-state index in [1.54, 1.807) is 16.8 Å². The first-order chi connectivity index (χ1) is 11.0. The smallest absolute Gasteiger partial charge is 0.257 e. The number of rotatable bonds is 3. The van der Waals surface area contributed by atoms with Crippen LogP contribution in [-0.2, 0) is 0 Å². The van der Waals surface area contributed by atoms with E-state index in [0.717, 1.165) is 17.0 Å². The zero-order chi connectivity index (χ0) is 16.6. The van der Waals surface area contributed by atoms with E-state index in [4.69, 9.17) is 11.6 Å². The molecule has 1 atom stereocenters. The van der Waals surface area contributed by atoms with Gasteiger partial charge in [-0.15, -0.1) is 0 Å². The van der Waals surface area contributed by atoms with E-state index in [1.807, 2.05) is 45.0 Å². The second-order valence-electron chi connectivity index (χ2n) is 5.58. The van der Waals surface area contributed by atoms with Crippen molar-refractivity contribution >= 4 is 23.2 Å². The Kier molecular flexibility index (Phi) is 4.05. The molecule has 3 rings (SSSR count). The molecule has 0 aliphatic heterocycles. The van der Waals surface area contributed by atoms with Crippen LogP contribution in [0.3, 0.4) is 0 Å². The summed E-state index contributed by atoms with van der Waals surface area (Å²) in [4.78, 5) is 17.0. The molecule has 0 bridgehead atoms. The molecule has 0 aliphatic carbocycles. The van der Waals surface area contributed by atoms with Crippen LogP contribution in [0, 0.1) is 13.8 Å². The Hall–Kier alpha value is -2.40. The Morgan fingerprint density at radius 1 is 1.30 bits per heavy atom. The Balaban J connectivity index is 1.89. The zero-order valence-electron chi connectivity index (χ0n) is 13.2. The van der Waals surface area contributed by atoms with Crippen molar-refractivity contribution in [2.75, 3.05) is 0 Å². The third-order valence-corrected chi connectivity index (χ3v) is 3.95. The summed E-state index contributed by atoms with van der Waals surface area (Å²) in [6, 6.07) is 9.21. The van der Waals surface area contributed by atoms with Gasteiger partial charge in [0.2, 0.25) is 0 Å². The van der Waals surface area contributed by atoms with Crippen molar-refractivity contribution in [2.24, 2.45) is 0 Å². The van der Waals surface area contributed by atoms with Crippen LogP contribution in [0.1, 0.15) is 40.3 Å². The van der Waals surface area contributed by atoms with E-state index in [2.05, 4.69) is 15.4 Å². The first-order valence-corrected chi connectivity index (χ1v) is 7.72. The average Bonchev–Trinajstić information content (AvgIpc) is 2.91. The van der Waals surface area contributed by atoms with Gasteiger partial charge in [-0.05, 0) is 44.5 Å². The summed E-state index contributed by atoms with van der Waals surface area (Å²) in [5.74, 6) is -0.204. The molecule has 0 saturated carbocycles. The minimum absolute atomic E-state index is 0.165. The summed E-state index contributed by atoms with van der Waals surface area (Å²) >= 11 is 6.00. The number of halogens is 1. The summed E-state index contributed by atoms with van der Waals surface area (Å²) in [5.41, 5.74) is 3.77. The molecule has 23 heavy (non-hydrogen) atoms. The van der Waals surface area contributed by atoms with Crippen molar-refractivity contribution in [3.8, 4) is 0 Å². The number of carbonyl (C=O) groups is 1. The molecule has 0 saturated heterocycles. The Morgan fingerprint density at radius 3 is 2.83 bits per heavy atom. The van der Waals surface area contributed by atoms with Gasteiger partial charge in [-0.1, -0.05) is 23.7 Å². The topological polar surface area (TPSA) is 59.3 Å². The lowest BCUT2D eigenvalue weighted by atomic mass is 10.1. The second-order valence-corrected chi connectivity index (χ2v) is 6.02. The van der Waals surface area contributed by atoms with E-state index >= 15 is 0 Å². The minimum atomic E-state index is -0.204. The van der Waals surface area contributed by atoms with Crippen molar-refractivity contribution in [3.63, 3.8) is 0 Å². The van der Waals surface area contributed by atoms with Crippen LogP contribution < -0.4 is 5.32 Å². The summed E-state index contributed by atoms with van der Waals surface area (Å²) in [7, 11) is 0. The van der Waals surface area contributed by atoms with Crippen LogP contribution >= 0.6 is 11.6 Å².